The van der Waals surface area contributed by atoms with Crippen molar-refractivity contribution in [1.29, 1.82) is 0 Å². The molecule has 2 saturated carbocycles. The highest BCUT2D eigenvalue weighted by Gasteiger charge is 2.24. The Kier molecular flexibility index (Phi) is 4.31. The van der Waals surface area contributed by atoms with Gasteiger partial charge in [0.15, 0.2) is 0 Å². The van der Waals surface area contributed by atoms with Crippen LogP contribution in [0.25, 0.3) is 0 Å². The molecule has 0 aromatic heterocycles. The highest BCUT2D eigenvalue weighted by atomic mass is 15.1. The van der Waals surface area contributed by atoms with Gasteiger partial charge in [-0.05, 0) is 63.0 Å². The Morgan fingerprint density at radius 2 is 1.41 bits per heavy atom. The molecule has 86 valence electrons. The largest absolute Gasteiger partial charge is 0.380 e. The fourth-order valence-electron chi connectivity index (χ4n) is 1.85. The van der Waals surface area contributed by atoms with Gasteiger partial charge in [-0.25, -0.2) is 0 Å². The van der Waals surface area contributed by atoms with Crippen LogP contribution in [0.15, 0.2) is 23.9 Å². The first-order valence-electron chi connectivity index (χ1n) is 5.70. The minimum absolute atomic E-state index is 1.04. The molecular weight excluding hydrogens is 206 g/mol. The van der Waals surface area contributed by atoms with E-state index in [2.05, 4.69) is 70.2 Å². The van der Waals surface area contributed by atoms with Crippen molar-refractivity contribution in [1.82, 2.24) is 4.90 Å². The second-order valence-electron chi connectivity index (χ2n) is 4.30. The highest BCUT2D eigenvalue weighted by Crippen LogP contribution is 2.35. The van der Waals surface area contributed by atoms with Crippen molar-refractivity contribution >= 4 is 0 Å². The van der Waals surface area contributed by atoms with Crippen LogP contribution in [0.1, 0.15) is 0 Å². The third-order valence-electron chi connectivity index (χ3n) is 2.78. The van der Waals surface area contributed by atoms with Gasteiger partial charge < -0.3 is 4.90 Å². The Balaban J connectivity index is 2.05. The average molecular weight is 223 g/mol. The molecule has 0 saturated heterocycles. The van der Waals surface area contributed by atoms with Gasteiger partial charge in [0.1, 0.15) is 0 Å². The lowest BCUT2D eigenvalue weighted by molar-refractivity contribution is 0.511. The van der Waals surface area contributed by atoms with E-state index >= 15 is 0 Å². The molecule has 0 spiro atoms. The van der Waals surface area contributed by atoms with Gasteiger partial charge in [0.05, 0.1) is 0 Å². The first-order chi connectivity index (χ1) is 8.18. The Morgan fingerprint density at radius 1 is 0.941 bits per heavy atom. The van der Waals surface area contributed by atoms with E-state index in [0.717, 1.165) is 5.57 Å². The lowest BCUT2D eigenvalue weighted by atomic mass is 9.94. The third kappa shape index (κ3) is 3.14. The molecular formula is C16H17N. The Labute approximate surface area is 107 Å². The second kappa shape index (κ2) is 5.75. The van der Waals surface area contributed by atoms with Crippen molar-refractivity contribution in [3.05, 3.63) is 87.1 Å². The summed E-state index contributed by atoms with van der Waals surface area (Å²) in [5.41, 5.74) is 2.22. The summed E-state index contributed by atoms with van der Waals surface area (Å²) < 4.78 is 0. The summed E-state index contributed by atoms with van der Waals surface area (Å²) >= 11 is 0. The van der Waals surface area contributed by atoms with E-state index < -0.39 is 0 Å². The quantitative estimate of drug-likeness (QED) is 0.662. The summed E-state index contributed by atoms with van der Waals surface area (Å²) in [5.74, 6) is 2.40. The van der Waals surface area contributed by atoms with Crippen LogP contribution < -0.4 is 0 Å². The molecule has 0 atom stereocenters. The van der Waals surface area contributed by atoms with E-state index in [1.165, 1.54) is 17.5 Å². The number of hydrogen-bond acceptors (Lipinski definition) is 1. The maximum absolute atomic E-state index is 4.13. The summed E-state index contributed by atoms with van der Waals surface area (Å²) in [5, 5.41) is 0. The van der Waals surface area contributed by atoms with Crippen LogP contribution in [0.3, 0.4) is 0 Å². The monoisotopic (exact) mass is 223 g/mol. The number of allylic oxidation sites excluding steroid dienone is 3. The predicted octanol–water partition coefficient (Wildman–Crippen LogP) is 2.80. The number of nitrogens with zero attached hydrogens (tertiary/aromatic N) is 1. The van der Waals surface area contributed by atoms with E-state index in [9.17, 15) is 0 Å². The van der Waals surface area contributed by atoms with Crippen molar-refractivity contribution in [2.24, 2.45) is 0 Å². The molecule has 2 rings (SSSR count). The van der Waals surface area contributed by atoms with E-state index in [4.69, 9.17) is 0 Å². The van der Waals surface area contributed by atoms with Gasteiger partial charge in [0.25, 0.3) is 0 Å². The van der Waals surface area contributed by atoms with Crippen LogP contribution in [0.4, 0.5) is 0 Å². The molecule has 0 N–H and O–H groups in total. The van der Waals surface area contributed by atoms with Gasteiger partial charge in [-0.2, -0.15) is 0 Å². The van der Waals surface area contributed by atoms with Crippen molar-refractivity contribution in [3.8, 4) is 0 Å². The molecule has 0 aromatic carbocycles. The van der Waals surface area contributed by atoms with Crippen molar-refractivity contribution in [3.63, 3.8) is 0 Å². The van der Waals surface area contributed by atoms with E-state index in [0.29, 0.717) is 0 Å². The minimum atomic E-state index is 1.04. The number of hydrogen-bond donors (Lipinski definition) is 0. The molecule has 2 aliphatic rings. The molecule has 1 heteroatoms. The van der Waals surface area contributed by atoms with Gasteiger partial charge in [0, 0.05) is 31.6 Å². The minimum Gasteiger partial charge on any atom is -0.380 e. The molecule has 10 radical (unpaired) electrons. The van der Waals surface area contributed by atoms with Gasteiger partial charge in [-0.15, -0.1) is 0 Å². The standard InChI is InChI=1S/C16H17N/c1-13(14-8-4-5-9-14)12-16(17(2)3)15-10-6-7-11-15/h4-12H,1H2,2-3H3/b16-12+. The third-order valence-corrected chi connectivity index (χ3v) is 2.78. The van der Waals surface area contributed by atoms with Crippen LogP contribution in [0.5, 0.6) is 0 Å². The molecule has 17 heavy (non-hydrogen) atoms. The molecule has 2 aliphatic carbocycles. The van der Waals surface area contributed by atoms with Crippen molar-refractivity contribution < 1.29 is 0 Å². The van der Waals surface area contributed by atoms with Crippen LogP contribution >= 0.6 is 0 Å². The van der Waals surface area contributed by atoms with Gasteiger partial charge >= 0.3 is 0 Å². The summed E-state index contributed by atoms with van der Waals surface area (Å²) in [6.07, 6.45) is 18.7. The highest BCUT2D eigenvalue weighted by molar-refractivity contribution is 5.55. The zero-order valence-electron chi connectivity index (χ0n) is 10.4. The second-order valence-corrected chi connectivity index (χ2v) is 4.30. The van der Waals surface area contributed by atoms with E-state index in [-0.39, 0.29) is 0 Å². The van der Waals surface area contributed by atoms with Crippen molar-refractivity contribution in [2.45, 2.75) is 0 Å². The molecule has 0 unspecified atom stereocenters. The van der Waals surface area contributed by atoms with Crippen LogP contribution in [0, 0.1) is 63.2 Å². The average Bonchev–Trinajstić information content (AvgIpc) is 2.97. The molecule has 0 bridgehead atoms. The lowest BCUT2D eigenvalue weighted by Crippen LogP contribution is -2.17. The SMILES string of the molecule is C=C(/C=C(\[C]1[CH][CH][CH][CH]1)N(C)C)[C]1[CH][CH][CH][CH]1. The molecule has 0 aliphatic heterocycles. The summed E-state index contributed by atoms with van der Waals surface area (Å²) in [6, 6.07) is 0. The van der Waals surface area contributed by atoms with E-state index in [1.54, 1.807) is 0 Å². The zero-order valence-corrected chi connectivity index (χ0v) is 10.4. The molecule has 0 heterocycles. The lowest BCUT2D eigenvalue weighted by Gasteiger charge is -2.23. The Morgan fingerprint density at radius 3 is 1.88 bits per heavy atom. The fraction of sp³-hybridized carbons (Fsp3) is 0.125. The smallest absolute Gasteiger partial charge is 0.0287 e. The summed E-state index contributed by atoms with van der Waals surface area (Å²) in [4.78, 5) is 2.11. The van der Waals surface area contributed by atoms with Crippen LogP contribution in [-0.2, 0) is 0 Å². The molecule has 1 nitrogen and oxygen atoms in total. The predicted molar refractivity (Wildman–Crippen MR) is 71.8 cm³/mol. The van der Waals surface area contributed by atoms with Crippen LogP contribution in [-0.4, -0.2) is 19.0 Å². The van der Waals surface area contributed by atoms with Crippen molar-refractivity contribution in [2.75, 3.05) is 14.1 Å². The van der Waals surface area contributed by atoms with Crippen LogP contribution in [0.2, 0.25) is 0 Å². The molecule has 0 amide bonds. The summed E-state index contributed by atoms with van der Waals surface area (Å²) in [7, 11) is 4.11. The first kappa shape index (κ1) is 12.7. The first-order valence-corrected chi connectivity index (χ1v) is 5.70. The van der Waals surface area contributed by atoms with Gasteiger partial charge in [-0.1, -0.05) is 6.58 Å². The fourth-order valence-corrected chi connectivity index (χ4v) is 1.85. The maximum Gasteiger partial charge on any atom is 0.0287 e. The Hall–Kier alpha value is -0.720. The van der Waals surface area contributed by atoms with Gasteiger partial charge in [-0.3, -0.25) is 0 Å². The molecule has 0 aromatic rings. The molecule has 2 fully saturated rings. The normalized spacial score (nSPS) is 23.3. The summed E-state index contributed by atoms with van der Waals surface area (Å²) in [6.45, 7) is 4.13. The van der Waals surface area contributed by atoms with E-state index in [1.807, 2.05) is 12.8 Å². The number of rotatable bonds is 4. The Bertz CT molecular complexity index is 289. The maximum atomic E-state index is 4.13. The topological polar surface area (TPSA) is 3.24 Å². The van der Waals surface area contributed by atoms with Gasteiger partial charge in [0.2, 0.25) is 0 Å². The zero-order chi connectivity index (χ0) is 12.3.